The number of nitrogens with zero attached hydrogens (tertiary/aromatic N) is 1. The molecule has 0 aliphatic carbocycles. The van der Waals surface area contributed by atoms with Crippen LogP contribution in [-0.4, -0.2) is 15.9 Å². The van der Waals surface area contributed by atoms with Crippen LogP contribution in [-0.2, 0) is 0 Å². The zero-order valence-corrected chi connectivity index (χ0v) is 14.2. The van der Waals surface area contributed by atoms with Crippen LogP contribution in [0.4, 0.5) is 11.4 Å². The van der Waals surface area contributed by atoms with Gasteiger partial charge in [0, 0.05) is 22.8 Å². The fourth-order valence-corrected chi connectivity index (χ4v) is 2.35. The number of hydrazine groups is 1. The maximum absolute atomic E-state index is 12.0. The van der Waals surface area contributed by atoms with Crippen LogP contribution in [0.5, 0.6) is 0 Å². The third kappa shape index (κ3) is 4.79. The molecule has 2 aromatic carbocycles. The van der Waals surface area contributed by atoms with Crippen LogP contribution < -0.4 is 16.2 Å². The molecule has 3 N–H and O–H groups in total. The molecule has 0 bridgehead atoms. The minimum Gasteiger partial charge on any atom is -0.331 e. The van der Waals surface area contributed by atoms with Gasteiger partial charge in [-0.15, -0.1) is 0 Å². The molecule has 0 aromatic heterocycles. The number of rotatable bonds is 3. The molecule has 24 heavy (non-hydrogen) atoms. The first-order valence-corrected chi connectivity index (χ1v) is 7.60. The van der Waals surface area contributed by atoms with Crippen molar-refractivity contribution in [1.82, 2.24) is 10.9 Å². The summed E-state index contributed by atoms with van der Waals surface area (Å²) in [6, 6.07) is 10.1. The molecule has 0 heterocycles. The number of hydrogen-bond donors (Lipinski definition) is 3. The second-order valence-corrected chi connectivity index (χ2v) is 5.71. The monoisotopic (exact) mass is 384 g/mol. The van der Waals surface area contributed by atoms with Gasteiger partial charge in [0.25, 0.3) is 11.6 Å². The van der Waals surface area contributed by atoms with Crippen LogP contribution in [0.2, 0.25) is 10.0 Å². The molecule has 7 nitrogen and oxygen atoms in total. The van der Waals surface area contributed by atoms with Crippen molar-refractivity contribution >= 4 is 57.8 Å². The van der Waals surface area contributed by atoms with E-state index in [1.54, 1.807) is 0 Å². The van der Waals surface area contributed by atoms with Gasteiger partial charge in [-0.05, 0) is 42.5 Å². The summed E-state index contributed by atoms with van der Waals surface area (Å²) in [4.78, 5) is 22.1. The van der Waals surface area contributed by atoms with Crippen molar-refractivity contribution in [1.29, 1.82) is 0 Å². The van der Waals surface area contributed by atoms with Gasteiger partial charge in [0.15, 0.2) is 5.11 Å². The van der Waals surface area contributed by atoms with E-state index in [9.17, 15) is 14.9 Å². The zero-order valence-electron chi connectivity index (χ0n) is 11.9. The summed E-state index contributed by atoms with van der Waals surface area (Å²) in [5, 5.41) is 14.1. The number of thiocarbonyl (C=S) groups is 1. The number of nitro groups is 1. The summed E-state index contributed by atoms with van der Waals surface area (Å²) in [5.74, 6) is -0.496. The van der Waals surface area contributed by atoms with Crippen molar-refractivity contribution in [3.63, 3.8) is 0 Å². The van der Waals surface area contributed by atoms with Gasteiger partial charge in [0.05, 0.1) is 15.5 Å². The summed E-state index contributed by atoms with van der Waals surface area (Å²) in [6.07, 6.45) is 0. The first-order valence-electron chi connectivity index (χ1n) is 6.43. The summed E-state index contributed by atoms with van der Waals surface area (Å²) in [6.45, 7) is 0. The molecule has 10 heteroatoms. The number of halogens is 2. The summed E-state index contributed by atoms with van der Waals surface area (Å²) in [5.41, 5.74) is 5.60. The Morgan fingerprint density at radius 2 is 1.75 bits per heavy atom. The molecule has 0 unspecified atom stereocenters. The Morgan fingerprint density at radius 3 is 2.33 bits per heavy atom. The van der Waals surface area contributed by atoms with E-state index in [0.29, 0.717) is 10.7 Å². The molecular weight excluding hydrogens is 375 g/mol. The second-order valence-electron chi connectivity index (χ2n) is 4.46. The summed E-state index contributed by atoms with van der Waals surface area (Å²) < 4.78 is 0. The van der Waals surface area contributed by atoms with E-state index in [1.165, 1.54) is 42.5 Å². The zero-order chi connectivity index (χ0) is 17.7. The van der Waals surface area contributed by atoms with Crippen LogP contribution in [0.15, 0.2) is 42.5 Å². The fraction of sp³-hybridized carbons (Fsp3) is 0. The van der Waals surface area contributed by atoms with Crippen LogP contribution in [0.1, 0.15) is 10.4 Å². The highest BCUT2D eigenvalue weighted by atomic mass is 35.5. The Morgan fingerprint density at radius 1 is 1.08 bits per heavy atom. The highest BCUT2D eigenvalue weighted by Crippen LogP contribution is 2.20. The molecular formula is C14H10Cl2N4O3S. The van der Waals surface area contributed by atoms with Gasteiger partial charge in [-0.1, -0.05) is 23.2 Å². The van der Waals surface area contributed by atoms with Crippen molar-refractivity contribution in [2.24, 2.45) is 0 Å². The maximum Gasteiger partial charge on any atom is 0.271 e. The number of nitrogens with one attached hydrogen (secondary N) is 3. The lowest BCUT2D eigenvalue weighted by Crippen LogP contribution is -2.43. The molecule has 0 radical (unpaired) electrons. The Kier molecular flexibility index (Phi) is 5.91. The number of carbonyl (C=O) groups is 1. The van der Waals surface area contributed by atoms with Gasteiger partial charge in [0.1, 0.15) is 0 Å². The number of anilines is 1. The molecule has 0 spiro atoms. The van der Waals surface area contributed by atoms with E-state index in [4.69, 9.17) is 35.4 Å². The average molecular weight is 385 g/mol. The minimum absolute atomic E-state index is 0.0369. The molecule has 0 saturated carbocycles. The van der Waals surface area contributed by atoms with Crippen LogP contribution in [0, 0.1) is 10.1 Å². The first kappa shape index (κ1) is 17.9. The standard InChI is InChI=1S/C14H10Cl2N4O3S/c15-8-1-6-11(12(16)7-8)13(21)18-19-14(24)17-9-2-4-10(5-3-9)20(22)23/h1-7H,(H,18,21)(H2,17,19,24). The minimum atomic E-state index is -0.504. The maximum atomic E-state index is 12.0. The quantitative estimate of drug-likeness (QED) is 0.425. The number of benzene rings is 2. The Bertz CT molecular complexity index is 799. The largest absolute Gasteiger partial charge is 0.331 e. The topological polar surface area (TPSA) is 96.3 Å². The van der Waals surface area contributed by atoms with E-state index in [2.05, 4.69) is 16.2 Å². The molecule has 0 saturated heterocycles. The van der Waals surface area contributed by atoms with Gasteiger partial charge < -0.3 is 5.32 Å². The summed E-state index contributed by atoms with van der Waals surface area (Å²) in [7, 11) is 0. The van der Waals surface area contributed by atoms with E-state index >= 15 is 0 Å². The van der Waals surface area contributed by atoms with Gasteiger partial charge in [-0.2, -0.15) is 0 Å². The SMILES string of the molecule is O=C(NNC(=S)Nc1ccc([N+](=O)[O-])cc1)c1ccc(Cl)cc1Cl. The third-order valence-corrected chi connectivity index (χ3v) is 3.55. The van der Waals surface area contributed by atoms with Crippen LogP contribution in [0.3, 0.4) is 0 Å². The predicted octanol–water partition coefficient (Wildman–Crippen LogP) is 3.53. The fourth-order valence-electron chi connectivity index (χ4n) is 1.68. The molecule has 0 aliphatic rings. The lowest BCUT2D eigenvalue weighted by atomic mass is 10.2. The Balaban J connectivity index is 1.90. The van der Waals surface area contributed by atoms with E-state index in [1.807, 2.05) is 0 Å². The number of non-ortho nitro benzene ring substituents is 1. The van der Waals surface area contributed by atoms with Gasteiger partial charge in [-0.25, -0.2) is 0 Å². The summed E-state index contributed by atoms with van der Waals surface area (Å²) >= 11 is 16.7. The van der Waals surface area contributed by atoms with Crippen LogP contribution >= 0.6 is 35.4 Å². The molecule has 0 aliphatic heterocycles. The van der Waals surface area contributed by atoms with E-state index in [-0.39, 0.29) is 21.4 Å². The predicted molar refractivity (Wildman–Crippen MR) is 96.4 cm³/mol. The molecule has 2 rings (SSSR count). The van der Waals surface area contributed by atoms with Gasteiger partial charge in [-0.3, -0.25) is 25.8 Å². The molecule has 124 valence electrons. The Hall–Kier alpha value is -2.42. The number of nitro benzene ring substituents is 1. The highest BCUT2D eigenvalue weighted by Gasteiger charge is 2.11. The second kappa shape index (κ2) is 7.91. The van der Waals surface area contributed by atoms with Crippen molar-refractivity contribution in [2.75, 3.05) is 5.32 Å². The van der Waals surface area contributed by atoms with E-state index in [0.717, 1.165) is 0 Å². The third-order valence-electron chi connectivity index (χ3n) is 2.80. The van der Waals surface area contributed by atoms with Crippen molar-refractivity contribution in [3.05, 3.63) is 68.2 Å². The average Bonchev–Trinajstić information content (AvgIpc) is 2.53. The smallest absolute Gasteiger partial charge is 0.271 e. The van der Waals surface area contributed by atoms with Crippen molar-refractivity contribution < 1.29 is 9.72 Å². The van der Waals surface area contributed by atoms with Crippen LogP contribution in [0.25, 0.3) is 0 Å². The normalized spacial score (nSPS) is 9.92. The Labute approximate surface area is 152 Å². The number of hydrogen-bond acceptors (Lipinski definition) is 4. The highest BCUT2D eigenvalue weighted by molar-refractivity contribution is 7.80. The van der Waals surface area contributed by atoms with E-state index < -0.39 is 10.8 Å². The van der Waals surface area contributed by atoms with Gasteiger partial charge >= 0.3 is 0 Å². The lowest BCUT2D eigenvalue weighted by Gasteiger charge is -2.12. The molecule has 0 fully saturated rings. The number of carbonyl (C=O) groups excluding carboxylic acids is 1. The van der Waals surface area contributed by atoms with Crippen molar-refractivity contribution in [3.8, 4) is 0 Å². The number of amides is 1. The van der Waals surface area contributed by atoms with Gasteiger partial charge in [0.2, 0.25) is 0 Å². The first-order chi connectivity index (χ1) is 11.4. The molecule has 0 atom stereocenters. The molecule has 1 amide bonds. The lowest BCUT2D eigenvalue weighted by molar-refractivity contribution is -0.384. The molecule has 2 aromatic rings. The van der Waals surface area contributed by atoms with Crippen molar-refractivity contribution in [2.45, 2.75) is 0 Å².